The molecule has 1 aliphatic rings. The first kappa shape index (κ1) is 15.7. The van der Waals surface area contributed by atoms with Crippen molar-refractivity contribution in [2.75, 3.05) is 6.54 Å². The highest BCUT2D eigenvalue weighted by molar-refractivity contribution is 7.71. The van der Waals surface area contributed by atoms with Crippen LogP contribution in [0, 0.1) is 4.77 Å². The lowest BCUT2D eigenvalue weighted by atomic mass is 10.2. The number of fused-ring (bicyclic) bond motifs is 1. The fraction of sp³-hybridized carbons (Fsp3) is 0.353. The summed E-state index contributed by atoms with van der Waals surface area (Å²) in [5.74, 6) is 0. The quantitative estimate of drug-likeness (QED) is 0.563. The maximum absolute atomic E-state index is 5.52. The van der Waals surface area contributed by atoms with Crippen LogP contribution in [0.25, 0.3) is 10.2 Å². The van der Waals surface area contributed by atoms with Gasteiger partial charge < -0.3 is 9.47 Å². The molecule has 3 aromatic rings. The molecule has 0 radical (unpaired) electrons. The van der Waals surface area contributed by atoms with Gasteiger partial charge in [0.05, 0.1) is 16.8 Å². The molecule has 7 heteroatoms. The van der Waals surface area contributed by atoms with Gasteiger partial charge in [0, 0.05) is 19.4 Å². The fourth-order valence-corrected chi connectivity index (χ4v) is 4.77. The molecule has 1 unspecified atom stereocenters. The molecule has 2 aromatic heterocycles. The second kappa shape index (κ2) is 6.58. The third kappa shape index (κ3) is 2.83. The van der Waals surface area contributed by atoms with Crippen molar-refractivity contribution in [3.63, 3.8) is 0 Å². The Labute approximate surface area is 149 Å². The van der Waals surface area contributed by atoms with Gasteiger partial charge in [-0.15, -0.1) is 17.9 Å². The number of thiazole rings is 1. The number of allylic oxidation sites excluding steroid dienone is 1. The molecule has 3 heterocycles. The Kier molecular flexibility index (Phi) is 4.30. The van der Waals surface area contributed by atoms with Crippen molar-refractivity contribution in [3.05, 3.63) is 53.0 Å². The van der Waals surface area contributed by atoms with Crippen molar-refractivity contribution in [3.8, 4) is 0 Å². The third-order valence-electron chi connectivity index (χ3n) is 4.57. The molecule has 1 aliphatic heterocycles. The van der Waals surface area contributed by atoms with Crippen LogP contribution in [0.4, 0.5) is 0 Å². The van der Waals surface area contributed by atoms with Crippen LogP contribution in [0.1, 0.15) is 23.9 Å². The minimum absolute atomic E-state index is 0.439. The summed E-state index contributed by atoms with van der Waals surface area (Å²) in [6.07, 6.45) is 6.03. The summed E-state index contributed by atoms with van der Waals surface area (Å²) in [6.45, 7) is 6.40. The fourth-order valence-electron chi connectivity index (χ4n) is 3.37. The number of hydrogen-bond acceptors (Lipinski definition) is 4. The maximum atomic E-state index is 5.52. The average Bonchev–Trinajstić information content (AvgIpc) is 3.29. The van der Waals surface area contributed by atoms with E-state index >= 15 is 0 Å². The number of aromatic nitrogens is 4. The van der Waals surface area contributed by atoms with Crippen molar-refractivity contribution in [1.29, 1.82) is 0 Å². The van der Waals surface area contributed by atoms with Crippen LogP contribution in [-0.4, -0.2) is 25.9 Å². The summed E-state index contributed by atoms with van der Waals surface area (Å²) in [7, 11) is 0. The number of rotatable bonds is 5. The Morgan fingerprint density at radius 2 is 2.29 bits per heavy atom. The van der Waals surface area contributed by atoms with E-state index in [9.17, 15) is 0 Å². The number of likely N-dealkylation sites (tertiary alicyclic amines) is 1. The lowest BCUT2D eigenvalue weighted by molar-refractivity contribution is -0.941. The van der Waals surface area contributed by atoms with Gasteiger partial charge in [-0.3, -0.25) is 0 Å². The van der Waals surface area contributed by atoms with E-state index in [1.165, 1.54) is 27.4 Å². The van der Waals surface area contributed by atoms with Crippen LogP contribution in [0.2, 0.25) is 0 Å². The van der Waals surface area contributed by atoms with Gasteiger partial charge >= 0.3 is 0 Å². The first-order valence-electron chi connectivity index (χ1n) is 8.19. The Hall–Kier alpha value is -1.83. The van der Waals surface area contributed by atoms with Gasteiger partial charge in [-0.1, -0.05) is 18.2 Å². The van der Waals surface area contributed by atoms with Crippen LogP contribution >= 0.6 is 23.6 Å². The minimum Gasteiger partial charge on any atom is -0.308 e. The summed E-state index contributed by atoms with van der Waals surface area (Å²) in [5.41, 5.74) is 1.11. The van der Waals surface area contributed by atoms with Gasteiger partial charge in [-0.2, -0.15) is 9.78 Å². The van der Waals surface area contributed by atoms with Gasteiger partial charge in [0.15, 0.2) is 11.7 Å². The second-order valence-corrected chi connectivity index (χ2v) is 7.56. The molecule has 4 rings (SSSR count). The molecule has 0 bridgehead atoms. The molecule has 1 aromatic carbocycles. The van der Waals surface area contributed by atoms with Gasteiger partial charge in [0.2, 0.25) is 4.77 Å². The highest BCUT2D eigenvalue weighted by atomic mass is 32.1. The van der Waals surface area contributed by atoms with Crippen molar-refractivity contribution >= 4 is 33.8 Å². The molecule has 0 saturated carbocycles. The van der Waals surface area contributed by atoms with Crippen LogP contribution in [0.3, 0.4) is 0 Å². The monoisotopic (exact) mass is 358 g/mol. The first-order chi connectivity index (χ1) is 11.8. The van der Waals surface area contributed by atoms with E-state index in [1.54, 1.807) is 6.33 Å². The van der Waals surface area contributed by atoms with Crippen LogP contribution in [0.5, 0.6) is 0 Å². The number of quaternary nitrogens is 1. The third-order valence-corrected chi connectivity index (χ3v) is 6.16. The summed E-state index contributed by atoms with van der Waals surface area (Å²) >= 11 is 7.34. The zero-order valence-electron chi connectivity index (χ0n) is 13.4. The van der Waals surface area contributed by atoms with E-state index < -0.39 is 0 Å². The topological polar surface area (TPSA) is 40.1 Å². The highest BCUT2D eigenvalue weighted by Crippen LogP contribution is 2.28. The van der Waals surface area contributed by atoms with Gasteiger partial charge in [-0.25, -0.2) is 4.98 Å². The average molecular weight is 359 g/mol. The summed E-state index contributed by atoms with van der Waals surface area (Å²) < 4.78 is 5.91. The molecular weight excluding hydrogens is 338 g/mol. The molecule has 5 nitrogen and oxygen atoms in total. The van der Waals surface area contributed by atoms with E-state index in [1.807, 2.05) is 26.7 Å². The standard InChI is InChI=1S/C17H19N5S2/c1-2-9-20-11-18-22(17(20)23)12-21-10-5-7-14(21)16-19-13-6-3-4-8-15(13)24-16/h2-4,6,8,11,14H,1,5,7,9-10,12H2/p+1/t14-/m1/s1. The predicted octanol–water partition coefficient (Wildman–Crippen LogP) is 2.59. The Bertz CT molecular complexity index is 889. The Balaban J connectivity index is 1.58. The highest BCUT2D eigenvalue weighted by Gasteiger charge is 2.33. The van der Waals surface area contributed by atoms with E-state index in [0.29, 0.717) is 12.6 Å². The molecule has 1 N–H and O–H groups in total. The normalized spacial score (nSPS) is 20.7. The first-order valence-corrected chi connectivity index (χ1v) is 9.42. The summed E-state index contributed by atoms with van der Waals surface area (Å²) in [5, 5.41) is 5.70. The Morgan fingerprint density at radius 3 is 3.12 bits per heavy atom. The molecule has 0 spiro atoms. The van der Waals surface area contributed by atoms with E-state index in [-0.39, 0.29) is 0 Å². The van der Waals surface area contributed by atoms with Gasteiger partial charge in [0.1, 0.15) is 12.4 Å². The van der Waals surface area contributed by atoms with Crippen LogP contribution < -0.4 is 4.90 Å². The molecule has 124 valence electrons. The summed E-state index contributed by atoms with van der Waals surface area (Å²) in [6, 6.07) is 8.81. The number of nitrogens with one attached hydrogen (secondary N) is 1. The number of hydrogen-bond donors (Lipinski definition) is 1. The predicted molar refractivity (Wildman–Crippen MR) is 98.7 cm³/mol. The zero-order valence-corrected chi connectivity index (χ0v) is 15.0. The van der Waals surface area contributed by atoms with Crippen LogP contribution in [-0.2, 0) is 13.2 Å². The van der Waals surface area contributed by atoms with E-state index in [4.69, 9.17) is 17.2 Å². The van der Waals surface area contributed by atoms with Gasteiger partial charge in [-0.05, 0) is 24.4 Å². The van der Waals surface area contributed by atoms with Crippen molar-refractivity contribution in [2.45, 2.75) is 32.1 Å². The van der Waals surface area contributed by atoms with E-state index in [0.717, 1.165) is 23.5 Å². The zero-order chi connectivity index (χ0) is 16.5. The Morgan fingerprint density at radius 1 is 1.42 bits per heavy atom. The van der Waals surface area contributed by atoms with Crippen LogP contribution in [0.15, 0.2) is 43.2 Å². The minimum atomic E-state index is 0.439. The number of nitrogens with zero attached hydrogens (tertiary/aromatic N) is 4. The molecule has 1 fully saturated rings. The van der Waals surface area contributed by atoms with Crippen molar-refractivity contribution < 1.29 is 4.90 Å². The molecule has 24 heavy (non-hydrogen) atoms. The maximum Gasteiger partial charge on any atom is 0.202 e. The van der Waals surface area contributed by atoms with Crippen molar-refractivity contribution in [1.82, 2.24) is 19.3 Å². The SMILES string of the molecule is C=CCn1cnn(C[NH+]2CCC[C@@H]2c2nc3ccccc3s2)c1=S. The number of para-hydroxylation sites is 1. The van der Waals surface area contributed by atoms with Crippen molar-refractivity contribution in [2.24, 2.45) is 0 Å². The lowest BCUT2D eigenvalue weighted by Gasteiger charge is -2.19. The van der Waals surface area contributed by atoms with Gasteiger partial charge in [0.25, 0.3) is 0 Å². The summed E-state index contributed by atoms with van der Waals surface area (Å²) in [4.78, 5) is 6.36. The molecule has 2 atom stereocenters. The van der Waals surface area contributed by atoms with E-state index in [2.05, 4.69) is 35.9 Å². The largest absolute Gasteiger partial charge is 0.308 e. The lowest BCUT2D eigenvalue weighted by Crippen LogP contribution is -3.09. The smallest absolute Gasteiger partial charge is 0.202 e. The molecular formula is C17H20N5S2+. The second-order valence-electron chi connectivity index (χ2n) is 6.14. The number of benzene rings is 1. The molecule has 0 aliphatic carbocycles. The molecule has 0 amide bonds. The molecule has 1 saturated heterocycles.